The summed E-state index contributed by atoms with van der Waals surface area (Å²) in [4.78, 5) is 38.2. The number of allylic oxidation sites excluding steroid dienone is 2. The second-order valence-electron chi connectivity index (χ2n) is 11.1. The number of carbonyl (C=O) groups is 3. The van der Waals surface area contributed by atoms with Gasteiger partial charge >= 0.3 is 11.9 Å². The number of aliphatic hydroxyl groups excluding tert-OH is 2. The van der Waals surface area contributed by atoms with E-state index >= 15 is 0 Å². The minimum absolute atomic E-state index is 0.0653. The molecule has 11 atom stereocenters. The Morgan fingerprint density at radius 3 is 2.32 bits per heavy atom. The molecular weight excluding hydrogens is 444 g/mol. The lowest BCUT2D eigenvalue weighted by molar-refractivity contribution is -0.353. The average Bonchev–Trinajstić information content (AvgIpc) is 2.72. The van der Waals surface area contributed by atoms with Crippen LogP contribution in [-0.4, -0.2) is 65.2 Å². The molecule has 34 heavy (non-hydrogen) atoms. The lowest BCUT2D eigenvalue weighted by atomic mass is 9.37. The van der Waals surface area contributed by atoms with Crippen molar-refractivity contribution in [1.82, 2.24) is 0 Å². The van der Waals surface area contributed by atoms with Crippen molar-refractivity contribution < 1.29 is 43.5 Å². The fourth-order valence-electron chi connectivity index (χ4n) is 8.17. The summed E-state index contributed by atoms with van der Waals surface area (Å²) in [5, 5.41) is 22.6. The van der Waals surface area contributed by atoms with E-state index in [0.717, 1.165) is 0 Å². The summed E-state index contributed by atoms with van der Waals surface area (Å²) in [5.74, 6) is -2.78. The summed E-state index contributed by atoms with van der Waals surface area (Å²) in [6.45, 7) is 9.88. The highest BCUT2D eigenvalue weighted by Gasteiger charge is 2.76. The zero-order valence-corrected chi connectivity index (χ0v) is 20.9. The Kier molecular flexibility index (Phi) is 5.94. The fraction of sp³-hybridized carbons (Fsp3) is 0.800. The average molecular weight is 481 g/mol. The van der Waals surface area contributed by atoms with Gasteiger partial charge in [0.15, 0.2) is 23.8 Å². The van der Waals surface area contributed by atoms with Crippen LogP contribution >= 0.6 is 0 Å². The van der Waals surface area contributed by atoms with Crippen LogP contribution in [0.2, 0.25) is 0 Å². The van der Waals surface area contributed by atoms with Crippen molar-refractivity contribution in [3.05, 3.63) is 11.8 Å². The van der Waals surface area contributed by atoms with Crippen LogP contribution in [-0.2, 0) is 33.3 Å². The molecule has 190 valence electrons. The molecule has 3 aliphatic carbocycles. The van der Waals surface area contributed by atoms with Gasteiger partial charge in [-0.15, -0.1) is 0 Å². The van der Waals surface area contributed by atoms with Gasteiger partial charge in [-0.25, -0.2) is 0 Å². The summed E-state index contributed by atoms with van der Waals surface area (Å²) in [5.41, 5.74) is -3.39. The molecule has 3 fully saturated rings. The Bertz CT molecular complexity index is 929. The molecule has 0 radical (unpaired) electrons. The van der Waals surface area contributed by atoms with Gasteiger partial charge < -0.3 is 29.2 Å². The maximum atomic E-state index is 13.9. The van der Waals surface area contributed by atoms with Crippen LogP contribution < -0.4 is 0 Å². The van der Waals surface area contributed by atoms with Gasteiger partial charge in [-0.2, -0.15) is 0 Å². The second-order valence-corrected chi connectivity index (χ2v) is 11.1. The van der Waals surface area contributed by atoms with Crippen molar-refractivity contribution in [3.63, 3.8) is 0 Å². The number of esters is 2. The van der Waals surface area contributed by atoms with E-state index in [1.165, 1.54) is 21.0 Å². The van der Waals surface area contributed by atoms with E-state index < -0.39 is 64.8 Å². The first kappa shape index (κ1) is 25.1. The van der Waals surface area contributed by atoms with Crippen molar-refractivity contribution >= 4 is 17.7 Å². The first-order valence-electron chi connectivity index (χ1n) is 11.9. The zero-order valence-electron chi connectivity index (χ0n) is 20.9. The monoisotopic (exact) mass is 480 g/mol. The maximum absolute atomic E-state index is 13.9. The maximum Gasteiger partial charge on any atom is 0.303 e. The SMILES string of the molecule is COC1=CC(C)C2CC3OC(O)CC4C(C)(OC(C)=O)C(OC(C)=O)C(O)C(C2(C)C1=O)C34C. The van der Waals surface area contributed by atoms with Crippen LogP contribution in [0.15, 0.2) is 11.8 Å². The number of carbonyl (C=O) groups excluding carboxylic acids is 3. The van der Waals surface area contributed by atoms with Gasteiger partial charge in [0.2, 0.25) is 5.78 Å². The predicted molar refractivity (Wildman–Crippen MR) is 118 cm³/mol. The van der Waals surface area contributed by atoms with E-state index in [1.54, 1.807) is 13.0 Å². The number of rotatable bonds is 3. The fourth-order valence-corrected chi connectivity index (χ4v) is 8.17. The molecule has 4 aliphatic rings. The predicted octanol–water partition coefficient (Wildman–Crippen LogP) is 1.74. The topological polar surface area (TPSA) is 129 Å². The number of ether oxygens (including phenoxy) is 4. The number of hydrogen-bond acceptors (Lipinski definition) is 9. The van der Waals surface area contributed by atoms with Gasteiger partial charge in [-0.1, -0.05) is 20.8 Å². The molecule has 0 amide bonds. The minimum atomic E-state index is -1.45. The number of hydrogen-bond donors (Lipinski definition) is 2. The normalized spacial score (nSPS) is 49.8. The molecular formula is C25H36O9. The molecule has 2 saturated carbocycles. The summed E-state index contributed by atoms with van der Waals surface area (Å²) < 4.78 is 22.9. The number of Topliss-reactive ketones (excluding diaryl/α,β-unsaturated/α-hetero) is 1. The Morgan fingerprint density at radius 1 is 1.12 bits per heavy atom. The van der Waals surface area contributed by atoms with E-state index in [1.807, 2.05) is 20.8 Å². The molecule has 1 aliphatic heterocycles. The third-order valence-corrected chi connectivity index (χ3v) is 9.30. The molecule has 0 spiro atoms. The Labute approximate surface area is 199 Å². The van der Waals surface area contributed by atoms with Gasteiger partial charge in [0.1, 0.15) is 0 Å². The summed E-state index contributed by atoms with van der Waals surface area (Å²) in [6, 6.07) is 0. The highest BCUT2D eigenvalue weighted by molar-refractivity contribution is 5.99. The van der Waals surface area contributed by atoms with Gasteiger partial charge in [0.25, 0.3) is 0 Å². The van der Waals surface area contributed by atoms with Crippen LogP contribution in [0.4, 0.5) is 0 Å². The van der Waals surface area contributed by atoms with Gasteiger partial charge in [0, 0.05) is 42.9 Å². The summed E-state index contributed by atoms with van der Waals surface area (Å²) in [6.07, 6.45) is -1.85. The largest absolute Gasteiger partial charge is 0.493 e. The van der Waals surface area contributed by atoms with Gasteiger partial charge in [0.05, 0.1) is 19.3 Å². The Hall–Kier alpha value is -1.97. The number of fused-ring (bicyclic) bond motifs is 2. The third-order valence-electron chi connectivity index (χ3n) is 9.30. The molecule has 0 aromatic rings. The molecule has 2 N–H and O–H groups in total. The van der Waals surface area contributed by atoms with Crippen LogP contribution in [0.1, 0.15) is 54.4 Å². The lowest BCUT2D eigenvalue weighted by Gasteiger charge is -2.70. The number of methoxy groups -OCH3 is 1. The highest BCUT2D eigenvalue weighted by Crippen LogP contribution is 2.69. The van der Waals surface area contributed by atoms with E-state index in [-0.39, 0.29) is 29.8 Å². The molecule has 4 rings (SSSR count). The van der Waals surface area contributed by atoms with E-state index in [4.69, 9.17) is 18.9 Å². The second kappa shape index (κ2) is 8.03. The van der Waals surface area contributed by atoms with Crippen LogP contribution in [0.3, 0.4) is 0 Å². The van der Waals surface area contributed by atoms with Crippen molar-refractivity contribution in [2.24, 2.45) is 34.5 Å². The van der Waals surface area contributed by atoms with Crippen molar-refractivity contribution in [2.75, 3.05) is 7.11 Å². The highest BCUT2D eigenvalue weighted by atomic mass is 16.6. The van der Waals surface area contributed by atoms with Crippen LogP contribution in [0, 0.1) is 34.5 Å². The first-order chi connectivity index (χ1) is 15.7. The number of aliphatic hydroxyl groups is 2. The van der Waals surface area contributed by atoms with Crippen molar-refractivity contribution in [2.45, 2.75) is 84.6 Å². The van der Waals surface area contributed by atoms with Crippen LogP contribution in [0.5, 0.6) is 0 Å². The molecule has 1 saturated heterocycles. The molecule has 9 heteroatoms. The third kappa shape index (κ3) is 3.19. The van der Waals surface area contributed by atoms with Crippen molar-refractivity contribution in [3.8, 4) is 0 Å². The van der Waals surface area contributed by atoms with Gasteiger partial charge in [-0.05, 0) is 31.3 Å². The molecule has 0 aromatic carbocycles. The smallest absolute Gasteiger partial charge is 0.303 e. The van der Waals surface area contributed by atoms with Gasteiger partial charge in [-0.3, -0.25) is 14.4 Å². The number of ketones is 1. The van der Waals surface area contributed by atoms with Crippen molar-refractivity contribution in [1.29, 1.82) is 0 Å². The molecule has 11 unspecified atom stereocenters. The quantitative estimate of drug-likeness (QED) is 0.580. The summed E-state index contributed by atoms with van der Waals surface area (Å²) >= 11 is 0. The molecule has 0 aromatic heterocycles. The standard InChI is InChI=1S/C25H36O9/c1-11-8-15(31-7)21(30)23(4)14(11)9-17-24(5)16(10-18(28)33-17)25(6,34-13(3)27)22(32-12(2)26)19(29)20(23)24/h8,11,14,16-20,22,28-29H,9-10H2,1-7H3. The molecule has 1 heterocycles. The first-order valence-corrected chi connectivity index (χ1v) is 11.9. The Balaban J connectivity index is 1.97. The lowest BCUT2D eigenvalue weighted by Crippen LogP contribution is -2.78. The van der Waals surface area contributed by atoms with Crippen LogP contribution in [0.25, 0.3) is 0 Å². The Morgan fingerprint density at radius 2 is 1.76 bits per heavy atom. The van der Waals surface area contributed by atoms with E-state index in [2.05, 4.69) is 0 Å². The van der Waals surface area contributed by atoms with E-state index in [0.29, 0.717) is 6.42 Å². The summed E-state index contributed by atoms with van der Waals surface area (Å²) in [7, 11) is 1.45. The zero-order chi connectivity index (χ0) is 25.4. The van der Waals surface area contributed by atoms with E-state index in [9.17, 15) is 24.6 Å². The minimum Gasteiger partial charge on any atom is -0.493 e. The molecule has 9 nitrogen and oxygen atoms in total. The molecule has 0 bridgehead atoms.